The zero-order chi connectivity index (χ0) is 13.4. The lowest BCUT2D eigenvalue weighted by Crippen LogP contribution is -2.23. The van der Waals surface area contributed by atoms with Gasteiger partial charge in [0.2, 0.25) is 0 Å². The van der Waals surface area contributed by atoms with Crippen molar-refractivity contribution < 1.29 is 0 Å². The molecule has 2 N–H and O–H groups in total. The fourth-order valence-electron chi connectivity index (χ4n) is 1.87. The first-order valence-electron chi connectivity index (χ1n) is 5.87. The SMILES string of the molecule is Cc1ccc(-n2nc3ccc(N)cc3nc2=O)cc1. The van der Waals surface area contributed by atoms with E-state index in [4.69, 9.17) is 5.73 Å². The summed E-state index contributed by atoms with van der Waals surface area (Å²) in [5.74, 6) is 0. The van der Waals surface area contributed by atoms with Gasteiger partial charge in [0.15, 0.2) is 0 Å². The van der Waals surface area contributed by atoms with Crippen LogP contribution in [0.4, 0.5) is 5.69 Å². The average molecular weight is 252 g/mol. The van der Waals surface area contributed by atoms with Crippen molar-refractivity contribution in [1.82, 2.24) is 14.8 Å². The molecule has 1 heterocycles. The molecule has 2 aromatic carbocycles. The molecule has 19 heavy (non-hydrogen) atoms. The topological polar surface area (TPSA) is 73.8 Å². The fourth-order valence-corrected chi connectivity index (χ4v) is 1.87. The summed E-state index contributed by atoms with van der Waals surface area (Å²) < 4.78 is 1.29. The van der Waals surface area contributed by atoms with E-state index in [1.165, 1.54) is 4.68 Å². The van der Waals surface area contributed by atoms with Crippen LogP contribution in [0, 0.1) is 6.92 Å². The van der Waals surface area contributed by atoms with Crippen molar-refractivity contribution in [2.75, 3.05) is 5.73 Å². The van der Waals surface area contributed by atoms with Crippen molar-refractivity contribution in [3.8, 4) is 5.69 Å². The van der Waals surface area contributed by atoms with E-state index in [2.05, 4.69) is 10.1 Å². The Kier molecular flexibility index (Phi) is 2.52. The molecule has 3 rings (SSSR count). The maximum absolute atomic E-state index is 12.0. The minimum Gasteiger partial charge on any atom is -0.399 e. The van der Waals surface area contributed by atoms with E-state index in [-0.39, 0.29) is 0 Å². The molecule has 0 bridgehead atoms. The number of nitrogen functional groups attached to an aromatic ring is 1. The van der Waals surface area contributed by atoms with Crippen molar-refractivity contribution in [1.29, 1.82) is 0 Å². The molecular formula is C14H12N4O. The summed E-state index contributed by atoms with van der Waals surface area (Å²) in [5.41, 5.74) is 8.77. The molecule has 0 saturated carbocycles. The quantitative estimate of drug-likeness (QED) is 0.668. The van der Waals surface area contributed by atoms with Gasteiger partial charge in [-0.2, -0.15) is 14.8 Å². The van der Waals surface area contributed by atoms with Crippen LogP contribution in [0.25, 0.3) is 16.7 Å². The summed E-state index contributed by atoms with van der Waals surface area (Å²) in [7, 11) is 0. The Balaban J connectivity index is 2.24. The molecule has 0 aliphatic carbocycles. The summed E-state index contributed by atoms with van der Waals surface area (Å²) in [5, 5.41) is 4.30. The van der Waals surface area contributed by atoms with Crippen LogP contribution in [-0.4, -0.2) is 14.8 Å². The number of hydrogen-bond acceptors (Lipinski definition) is 4. The Bertz CT molecular complexity index is 806. The van der Waals surface area contributed by atoms with Gasteiger partial charge in [-0.15, -0.1) is 0 Å². The van der Waals surface area contributed by atoms with Gasteiger partial charge in [0.05, 0.1) is 11.2 Å². The molecule has 0 aliphatic rings. The Morgan fingerprint density at radius 2 is 1.79 bits per heavy atom. The Morgan fingerprint density at radius 3 is 2.53 bits per heavy atom. The van der Waals surface area contributed by atoms with Crippen LogP contribution >= 0.6 is 0 Å². The van der Waals surface area contributed by atoms with Gasteiger partial charge in [0.1, 0.15) is 5.52 Å². The molecule has 3 aromatic rings. The van der Waals surface area contributed by atoms with E-state index in [0.29, 0.717) is 22.4 Å². The Hall–Kier alpha value is -2.69. The third-order valence-corrected chi connectivity index (χ3v) is 2.88. The summed E-state index contributed by atoms with van der Waals surface area (Å²) >= 11 is 0. The van der Waals surface area contributed by atoms with Gasteiger partial charge in [-0.3, -0.25) is 0 Å². The number of aryl methyl sites for hydroxylation is 1. The zero-order valence-electron chi connectivity index (χ0n) is 10.4. The second kappa shape index (κ2) is 4.20. The Labute approximate surface area is 109 Å². The van der Waals surface area contributed by atoms with Gasteiger partial charge in [0.25, 0.3) is 0 Å². The fraction of sp³-hybridized carbons (Fsp3) is 0.0714. The van der Waals surface area contributed by atoms with Gasteiger partial charge in [0, 0.05) is 5.69 Å². The van der Waals surface area contributed by atoms with E-state index in [1.807, 2.05) is 31.2 Å². The number of aromatic nitrogens is 3. The smallest absolute Gasteiger partial charge is 0.369 e. The predicted octanol–water partition coefficient (Wildman–Crippen LogP) is 1.67. The highest BCUT2D eigenvalue weighted by Crippen LogP contribution is 2.12. The maximum atomic E-state index is 12.0. The van der Waals surface area contributed by atoms with E-state index in [1.54, 1.807) is 18.2 Å². The molecule has 0 fully saturated rings. The lowest BCUT2D eigenvalue weighted by molar-refractivity contribution is 0.792. The third kappa shape index (κ3) is 2.06. The second-order valence-corrected chi connectivity index (χ2v) is 4.39. The molecule has 94 valence electrons. The van der Waals surface area contributed by atoms with E-state index in [9.17, 15) is 4.79 Å². The number of hydrogen-bond donors (Lipinski definition) is 1. The maximum Gasteiger partial charge on any atom is 0.369 e. The molecule has 5 nitrogen and oxygen atoms in total. The van der Waals surface area contributed by atoms with Gasteiger partial charge in [-0.1, -0.05) is 17.7 Å². The number of nitrogens with two attached hydrogens (primary N) is 1. The number of fused-ring (bicyclic) bond motifs is 1. The predicted molar refractivity (Wildman–Crippen MR) is 74.3 cm³/mol. The molecule has 1 aromatic heterocycles. The van der Waals surface area contributed by atoms with Crippen LogP contribution in [0.3, 0.4) is 0 Å². The van der Waals surface area contributed by atoms with Crippen molar-refractivity contribution >= 4 is 16.7 Å². The van der Waals surface area contributed by atoms with Crippen LogP contribution in [0.5, 0.6) is 0 Å². The molecule has 0 spiro atoms. The van der Waals surface area contributed by atoms with Crippen LogP contribution in [0.2, 0.25) is 0 Å². The van der Waals surface area contributed by atoms with Gasteiger partial charge < -0.3 is 5.73 Å². The standard InChI is InChI=1S/C14H12N4O/c1-9-2-5-11(6-3-9)18-14(19)16-13-8-10(15)4-7-12(13)17-18/h2-8H,15H2,1H3. The first-order chi connectivity index (χ1) is 9.13. The van der Waals surface area contributed by atoms with Crippen molar-refractivity contribution in [3.63, 3.8) is 0 Å². The molecule has 0 unspecified atom stereocenters. The number of anilines is 1. The Morgan fingerprint density at radius 1 is 1.05 bits per heavy atom. The van der Waals surface area contributed by atoms with Crippen LogP contribution < -0.4 is 11.4 Å². The monoisotopic (exact) mass is 252 g/mol. The minimum atomic E-state index is -0.415. The summed E-state index contributed by atoms with van der Waals surface area (Å²) in [6.07, 6.45) is 0. The highest BCUT2D eigenvalue weighted by molar-refractivity contribution is 5.77. The number of benzene rings is 2. The molecule has 0 atom stereocenters. The zero-order valence-corrected chi connectivity index (χ0v) is 10.4. The lowest BCUT2D eigenvalue weighted by Gasteiger charge is -2.05. The number of rotatable bonds is 1. The minimum absolute atomic E-state index is 0.415. The van der Waals surface area contributed by atoms with Gasteiger partial charge >= 0.3 is 5.69 Å². The van der Waals surface area contributed by atoms with Gasteiger partial charge in [-0.25, -0.2) is 4.79 Å². The van der Waals surface area contributed by atoms with Gasteiger partial charge in [-0.05, 0) is 37.3 Å². The third-order valence-electron chi connectivity index (χ3n) is 2.88. The molecule has 0 amide bonds. The van der Waals surface area contributed by atoms with Crippen molar-refractivity contribution in [3.05, 3.63) is 58.5 Å². The first-order valence-corrected chi connectivity index (χ1v) is 5.87. The normalized spacial score (nSPS) is 10.8. The highest BCUT2D eigenvalue weighted by Gasteiger charge is 2.05. The van der Waals surface area contributed by atoms with Crippen molar-refractivity contribution in [2.24, 2.45) is 0 Å². The largest absolute Gasteiger partial charge is 0.399 e. The molecular weight excluding hydrogens is 240 g/mol. The summed E-state index contributed by atoms with van der Waals surface area (Å²) in [4.78, 5) is 16.0. The molecule has 0 aliphatic heterocycles. The van der Waals surface area contributed by atoms with Crippen LogP contribution in [0.15, 0.2) is 47.3 Å². The van der Waals surface area contributed by atoms with Crippen LogP contribution in [-0.2, 0) is 0 Å². The van der Waals surface area contributed by atoms with E-state index in [0.717, 1.165) is 5.56 Å². The average Bonchev–Trinajstić information content (AvgIpc) is 2.39. The van der Waals surface area contributed by atoms with E-state index < -0.39 is 5.69 Å². The van der Waals surface area contributed by atoms with Crippen LogP contribution in [0.1, 0.15) is 5.56 Å². The van der Waals surface area contributed by atoms with E-state index >= 15 is 0 Å². The lowest BCUT2D eigenvalue weighted by atomic mass is 10.2. The number of nitrogens with zero attached hydrogens (tertiary/aromatic N) is 3. The summed E-state index contributed by atoms with van der Waals surface area (Å²) in [6.45, 7) is 1.99. The highest BCUT2D eigenvalue weighted by atomic mass is 16.1. The summed E-state index contributed by atoms with van der Waals surface area (Å²) in [6, 6.07) is 12.7. The van der Waals surface area contributed by atoms with Crippen molar-refractivity contribution in [2.45, 2.75) is 6.92 Å². The molecule has 5 heteroatoms. The first kappa shape index (κ1) is 11.4. The molecule has 0 radical (unpaired) electrons. The molecule has 0 saturated heterocycles. The second-order valence-electron chi connectivity index (χ2n) is 4.39.